The van der Waals surface area contributed by atoms with Crippen LogP contribution in [-0.4, -0.2) is 10.2 Å². The molecule has 3 heteroatoms. The summed E-state index contributed by atoms with van der Waals surface area (Å²) in [5, 5.41) is 6.37. The standard InChI is InChI=1S/C4H4BrN2/c1-3-4(5)2-6-7-3/h2H,1H2,(H,6,7). The number of hydrogen-bond donors (Lipinski definition) is 1. The van der Waals surface area contributed by atoms with Crippen molar-refractivity contribution in [2.45, 2.75) is 0 Å². The van der Waals surface area contributed by atoms with E-state index in [0.29, 0.717) is 0 Å². The van der Waals surface area contributed by atoms with Crippen molar-refractivity contribution in [3.8, 4) is 0 Å². The maximum absolute atomic E-state index is 3.73. The fourth-order valence-electron chi connectivity index (χ4n) is 0.304. The highest BCUT2D eigenvalue weighted by atomic mass is 79.9. The molecule has 0 bridgehead atoms. The van der Waals surface area contributed by atoms with Crippen LogP contribution in [0.15, 0.2) is 10.7 Å². The molecule has 1 aromatic rings. The van der Waals surface area contributed by atoms with E-state index in [9.17, 15) is 0 Å². The molecule has 2 nitrogen and oxygen atoms in total. The van der Waals surface area contributed by atoms with Gasteiger partial charge in [0.25, 0.3) is 0 Å². The summed E-state index contributed by atoms with van der Waals surface area (Å²) in [7, 11) is 0. The van der Waals surface area contributed by atoms with E-state index in [4.69, 9.17) is 0 Å². The van der Waals surface area contributed by atoms with Gasteiger partial charge in [-0.05, 0) is 22.9 Å². The Labute approximate surface area is 50.1 Å². The molecule has 0 aliphatic heterocycles. The van der Waals surface area contributed by atoms with Crippen LogP contribution < -0.4 is 0 Å². The summed E-state index contributed by atoms with van der Waals surface area (Å²) in [5.74, 6) is 0. The summed E-state index contributed by atoms with van der Waals surface area (Å²) in [5.41, 5.74) is 0.750. The summed E-state index contributed by atoms with van der Waals surface area (Å²) >= 11 is 3.21. The monoisotopic (exact) mass is 159 g/mol. The highest BCUT2D eigenvalue weighted by molar-refractivity contribution is 9.10. The average Bonchev–Trinajstić information content (AvgIpc) is 1.91. The molecular formula is C4H4BrN2. The smallest absolute Gasteiger partial charge is 0.0767 e. The number of nitrogens with one attached hydrogen (secondary N) is 1. The molecule has 0 saturated carbocycles. The van der Waals surface area contributed by atoms with E-state index in [2.05, 4.69) is 33.1 Å². The molecule has 0 spiro atoms. The molecule has 1 N–H and O–H groups in total. The van der Waals surface area contributed by atoms with Crippen molar-refractivity contribution in [2.75, 3.05) is 0 Å². The van der Waals surface area contributed by atoms with Gasteiger partial charge in [0, 0.05) is 6.20 Å². The first-order chi connectivity index (χ1) is 3.30. The number of aromatic nitrogens is 2. The lowest BCUT2D eigenvalue weighted by atomic mass is 10.5. The van der Waals surface area contributed by atoms with Crippen LogP contribution in [0.2, 0.25) is 0 Å². The lowest BCUT2D eigenvalue weighted by Gasteiger charge is -1.74. The molecule has 0 amide bonds. The summed E-state index contributed by atoms with van der Waals surface area (Å²) in [6, 6.07) is 0. The normalized spacial score (nSPS) is 9.43. The van der Waals surface area contributed by atoms with Crippen LogP contribution in [-0.2, 0) is 0 Å². The molecule has 0 fully saturated rings. The Morgan fingerprint density at radius 1 is 1.86 bits per heavy atom. The molecule has 7 heavy (non-hydrogen) atoms. The molecule has 0 unspecified atom stereocenters. The van der Waals surface area contributed by atoms with E-state index in [0.717, 1.165) is 10.2 Å². The van der Waals surface area contributed by atoms with Crippen LogP contribution in [0.25, 0.3) is 0 Å². The zero-order valence-electron chi connectivity index (χ0n) is 3.61. The third-order valence-corrected chi connectivity index (χ3v) is 1.35. The molecule has 1 aromatic heterocycles. The molecule has 0 aliphatic rings. The zero-order chi connectivity index (χ0) is 5.28. The van der Waals surface area contributed by atoms with Gasteiger partial charge in [-0.15, -0.1) is 0 Å². The van der Waals surface area contributed by atoms with E-state index in [-0.39, 0.29) is 0 Å². The molecule has 1 heterocycles. The van der Waals surface area contributed by atoms with Gasteiger partial charge in [-0.1, -0.05) is 0 Å². The Morgan fingerprint density at radius 2 is 2.57 bits per heavy atom. The Bertz CT molecular complexity index is 142. The fourth-order valence-corrected chi connectivity index (χ4v) is 0.495. The van der Waals surface area contributed by atoms with E-state index < -0.39 is 0 Å². The molecule has 1 rings (SSSR count). The van der Waals surface area contributed by atoms with Gasteiger partial charge in [0.2, 0.25) is 0 Å². The van der Waals surface area contributed by atoms with Gasteiger partial charge in [0.15, 0.2) is 0 Å². The van der Waals surface area contributed by atoms with Gasteiger partial charge in [-0.2, -0.15) is 5.10 Å². The first-order valence-electron chi connectivity index (χ1n) is 1.82. The van der Waals surface area contributed by atoms with Crippen LogP contribution in [0, 0.1) is 6.92 Å². The van der Waals surface area contributed by atoms with Crippen molar-refractivity contribution in [1.82, 2.24) is 10.2 Å². The van der Waals surface area contributed by atoms with E-state index in [1.807, 2.05) is 0 Å². The van der Waals surface area contributed by atoms with Crippen molar-refractivity contribution in [3.63, 3.8) is 0 Å². The highest BCUT2D eigenvalue weighted by Gasteiger charge is 1.90. The largest absolute Gasteiger partial charge is 0.284 e. The first-order valence-corrected chi connectivity index (χ1v) is 2.61. The Kier molecular flexibility index (Phi) is 1.15. The van der Waals surface area contributed by atoms with Crippen LogP contribution >= 0.6 is 15.9 Å². The lowest BCUT2D eigenvalue weighted by molar-refractivity contribution is 1.07. The van der Waals surface area contributed by atoms with Crippen LogP contribution in [0.4, 0.5) is 0 Å². The second kappa shape index (κ2) is 1.66. The lowest BCUT2D eigenvalue weighted by Crippen LogP contribution is -1.67. The number of hydrogen-bond acceptors (Lipinski definition) is 1. The van der Waals surface area contributed by atoms with Crippen LogP contribution in [0.3, 0.4) is 0 Å². The van der Waals surface area contributed by atoms with Gasteiger partial charge >= 0.3 is 0 Å². The summed E-state index contributed by atoms with van der Waals surface area (Å²) in [6.45, 7) is 3.59. The third kappa shape index (κ3) is 0.825. The van der Waals surface area contributed by atoms with Crippen molar-refractivity contribution >= 4 is 15.9 Å². The third-order valence-electron chi connectivity index (χ3n) is 0.666. The SMILES string of the molecule is [CH2]c1n[nH]cc1Br. The predicted octanol–water partition coefficient (Wildman–Crippen LogP) is 1.35. The van der Waals surface area contributed by atoms with Crippen LogP contribution in [0.5, 0.6) is 0 Å². The second-order valence-corrected chi connectivity index (χ2v) is 2.03. The minimum Gasteiger partial charge on any atom is -0.284 e. The molecule has 0 atom stereocenters. The van der Waals surface area contributed by atoms with E-state index >= 15 is 0 Å². The zero-order valence-corrected chi connectivity index (χ0v) is 5.20. The number of halogens is 1. The number of H-pyrrole nitrogens is 1. The quantitative estimate of drug-likeness (QED) is 0.609. The first kappa shape index (κ1) is 4.84. The van der Waals surface area contributed by atoms with Gasteiger partial charge in [-0.25, -0.2) is 0 Å². The molecule has 37 valence electrons. The van der Waals surface area contributed by atoms with Gasteiger partial charge in [0.05, 0.1) is 10.2 Å². The Balaban J connectivity index is 3.12. The molecule has 0 saturated heterocycles. The van der Waals surface area contributed by atoms with Crippen molar-refractivity contribution in [2.24, 2.45) is 0 Å². The van der Waals surface area contributed by atoms with Crippen LogP contribution in [0.1, 0.15) is 5.69 Å². The summed E-state index contributed by atoms with van der Waals surface area (Å²) in [6.07, 6.45) is 1.74. The minimum absolute atomic E-state index is 0.750. The Hall–Kier alpha value is -0.310. The average molecular weight is 160 g/mol. The predicted molar refractivity (Wildman–Crippen MR) is 30.7 cm³/mol. The molecular weight excluding hydrogens is 156 g/mol. The molecule has 0 aliphatic carbocycles. The van der Waals surface area contributed by atoms with E-state index in [1.54, 1.807) is 6.20 Å². The van der Waals surface area contributed by atoms with Gasteiger partial charge in [0.1, 0.15) is 0 Å². The minimum atomic E-state index is 0.750. The molecule has 1 radical (unpaired) electrons. The molecule has 0 aromatic carbocycles. The fraction of sp³-hybridized carbons (Fsp3) is 0. The maximum atomic E-state index is 3.73. The van der Waals surface area contributed by atoms with Crippen molar-refractivity contribution in [3.05, 3.63) is 23.3 Å². The number of rotatable bonds is 0. The summed E-state index contributed by atoms with van der Waals surface area (Å²) < 4.78 is 0.924. The van der Waals surface area contributed by atoms with Gasteiger partial charge in [-0.3, -0.25) is 5.10 Å². The topological polar surface area (TPSA) is 28.7 Å². The van der Waals surface area contributed by atoms with E-state index in [1.165, 1.54) is 0 Å². The maximum Gasteiger partial charge on any atom is 0.0767 e. The second-order valence-electron chi connectivity index (χ2n) is 1.18. The number of nitrogens with zero attached hydrogens (tertiary/aromatic N) is 1. The van der Waals surface area contributed by atoms with Gasteiger partial charge < -0.3 is 0 Å². The van der Waals surface area contributed by atoms with Crippen molar-refractivity contribution < 1.29 is 0 Å². The Morgan fingerprint density at radius 3 is 2.71 bits per heavy atom. The summed E-state index contributed by atoms with van der Waals surface area (Å²) in [4.78, 5) is 0. The van der Waals surface area contributed by atoms with Crippen molar-refractivity contribution in [1.29, 1.82) is 0 Å². The number of aromatic amines is 1. The highest BCUT2D eigenvalue weighted by Crippen LogP contribution is 2.09.